The molecule has 0 amide bonds. The Morgan fingerprint density at radius 3 is 2.60 bits per heavy atom. The summed E-state index contributed by atoms with van der Waals surface area (Å²) in [6.07, 6.45) is 3.06. The Balaban J connectivity index is 0.00000196. The van der Waals surface area contributed by atoms with Crippen LogP contribution in [0.4, 0.5) is 8.78 Å². The molecule has 0 heterocycles. The minimum Gasteiger partial charge on any atom is -0.324 e. The van der Waals surface area contributed by atoms with Crippen molar-refractivity contribution in [2.24, 2.45) is 5.73 Å². The quantitative estimate of drug-likeness (QED) is 0.793. The summed E-state index contributed by atoms with van der Waals surface area (Å²) < 4.78 is 25.7. The van der Waals surface area contributed by atoms with Gasteiger partial charge in [0, 0.05) is 17.7 Å². The number of hydrogen-bond donors (Lipinski definition) is 1. The van der Waals surface area contributed by atoms with Crippen molar-refractivity contribution in [3.05, 3.63) is 48.1 Å². The average molecular weight is 234 g/mol. The van der Waals surface area contributed by atoms with E-state index in [1.165, 1.54) is 12.1 Å². The monoisotopic (exact) mass is 233 g/mol. The maximum atomic E-state index is 13.2. The fraction of sp³-hybridized carbons (Fsp3) is 0.273. The summed E-state index contributed by atoms with van der Waals surface area (Å²) in [5.74, 6) is -1.16. The molecule has 0 bridgehead atoms. The van der Waals surface area contributed by atoms with Gasteiger partial charge in [-0.15, -0.1) is 19.0 Å². The van der Waals surface area contributed by atoms with Crippen LogP contribution < -0.4 is 5.73 Å². The predicted octanol–water partition coefficient (Wildman–Crippen LogP) is 3.35. The maximum Gasteiger partial charge on any atom is 0.130 e. The molecule has 0 radical (unpaired) electrons. The van der Waals surface area contributed by atoms with Gasteiger partial charge in [-0.05, 0) is 18.9 Å². The van der Waals surface area contributed by atoms with E-state index in [4.69, 9.17) is 5.73 Å². The van der Waals surface area contributed by atoms with Gasteiger partial charge in [-0.1, -0.05) is 12.1 Å². The van der Waals surface area contributed by atoms with Crippen molar-refractivity contribution in [2.75, 3.05) is 0 Å². The first-order valence-electron chi connectivity index (χ1n) is 4.46. The van der Waals surface area contributed by atoms with Crippen LogP contribution in [-0.2, 0) is 0 Å². The molecule has 4 heteroatoms. The molecule has 0 spiro atoms. The van der Waals surface area contributed by atoms with Gasteiger partial charge < -0.3 is 5.73 Å². The summed E-state index contributed by atoms with van der Waals surface area (Å²) in [5.41, 5.74) is 6.08. The van der Waals surface area contributed by atoms with Crippen molar-refractivity contribution in [2.45, 2.75) is 18.9 Å². The van der Waals surface area contributed by atoms with Gasteiger partial charge in [0.2, 0.25) is 0 Å². The van der Waals surface area contributed by atoms with Crippen LogP contribution in [-0.4, -0.2) is 0 Å². The normalized spacial score (nSPS) is 11.7. The first kappa shape index (κ1) is 14.1. The van der Waals surface area contributed by atoms with E-state index in [-0.39, 0.29) is 12.4 Å². The van der Waals surface area contributed by atoms with Crippen LogP contribution in [0.15, 0.2) is 30.9 Å². The lowest BCUT2D eigenvalue weighted by atomic mass is 10.0. The van der Waals surface area contributed by atoms with Crippen molar-refractivity contribution >= 4 is 12.4 Å². The van der Waals surface area contributed by atoms with Gasteiger partial charge in [0.1, 0.15) is 11.6 Å². The highest BCUT2D eigenvalue weighted by Crippen LogP contribution is 2.19. The standard InChI is InChI=1S/C11H13F2N.ClH/c1-2-3-4-11(14)9-6-5-8(12)7-10(9)13;/h2,5-7,11H,1,3-4,14H2;1H/t11-;/m1./s1. The number of benzene rings is 1. The third-order valence-electron chi connectivity index (χ3n) is 2.04. The van der Waals surface area contributed by atoms with E-state index >= 15 is 0 Å². The summed E-state index contributed by atoms with van der Waals surface area (Å²) in [4.78, 5) is 0. The third kappa shape index (κ3) is 3.98. The van der Waals surface area contributed by atoms with Gasteiger partial charge in [0.05, 0.1) is 0 Å². The Kier molecular flexibility index (Phi) is 6.13. The van der Waals surface area contributed by atoms with Crippen LogP contribution in [0.2, 0.25) is 0 Å². The second-order valence-electron chi connectivity index (χ2n) is 3.14. The first-order chi connectivity index (χ1) is 6.65. The van der Waals surface area contributed by atoms with Crippen LogP contribution in [0.1, 0.15) is 24.4 Å². The molecule has 0 aliphatic heterocycles. The number of halogens is 3. The zero-order chi connectivity index (χ0) is 10.6. The van der Waals surface area contributed by atoms with Gasteiger partial charge in [-0.3, -0.25) is 0 Å². The molecule has 84 valence electrons. The highest BCUT2D eigenvalue weighted by Gasteiger charge is 2.10. The minimum absolute atomic E-state index is 0. The average Bonchev–Trinajstić information content (AvgIpc) is 2.14. The fourth-order valence-corrected chi connectivity index (χ4v) is 1.26. The van der Waals surface area contributed by atoms with Crippen molar-refractivity contribution in [1.29, 1.82) is 0 Å². The Labute approximate surface area is 94.4 Å². The lowest BCUT2D eigenvalue weighted by Crippen LogP contribution is -2.11. The molecule has 0 aliphatic rings. The molecule has 1 atom stereocenters. The molecule has 2 N–H and O–H groups in total. The molecule has 0 fully saturated rings. The molecule has 15 heavy (non-hydrogen) atoms. The number of nitrogens with two attached hydrogens (primary N) is 1. The molecule has 1 aromatic rings. The smallest absolute Gasteiger partial charge is 0.130 e. The second-order valence-corrected chi connectivity index (χ2v) is 3.14. The summed E-state index contributed by atoms with van der Waals surface area (Å²) in [6.45, 7) is 3.55. The predicted molar refractivity (Wildman–Crippen MR) is 60.0 cm³/mol. The molecule has 1 rings (SSSR count). The van der Waals surface area contributed by atoms with Crippen LogP contribution in [0.25, 0.3) is 0 Å². The van der Waals surface area contributed by atoms with Crippen molar-refractivity contribution in [1.82, 2.24) is 0 Å². The summed E-state index contributed by atoms with van der Waals surface area (Å²) in [7, 11) is 0. The van der Waals surface area contributed by atoms with Gasteiger partial charge in [0.25, 0.3) is 0 Å². The zero-order valence-corrected chi connectivity index (χ0v) is 9.07. The molecule has 0 unspecified atom stereocenters. The number of rotatable bonds is 4. The van der Waals surface area contributed by atoms with Crippen LogP contribution >= 0.6 is 12.4 Å². The highest BCUT2D eigenvalue weighted by molar-refractivity contribution is 5.85. The largest absolute Gasteiger partial charge is 0.324 e. The Morgan fingerprint density at radius 1 is 1.40 bits per heavy atom. The van der Waals surface area contributed by atoms with E-state index in [0.717, 1.165) is 12.5 Å². The van der Waals surface area contributed by atoms with E-state index in [2.05, 4.69) is 6.58 Å². The van der Waals surface area contributed by atoms with E-state index in [1.807, 2.05) is 0 Å². The lowest BCUT2D eigenvalue weighted by molar-refractivity contribution is 0.545. The van der Waals surface area contributed by atoms with Crippen molar-refractivity contribution < 1.29 is 8.78 Å². The number of allylic oxidation sites excluding steroid dienone is 1. The molecular weight excluding hydrogens is 220 g/mol. The number of hydrogen-bond acceptors (Lipinski definition) is 1. The molecule has 0 aliphatic carbocycles. The van der Waals surface area contributed by atoms with Crippen LogP contribution in [0.5, 0.6) is 0 Å². The molecule has 0 saturated heterocycles. The zero-order valence-electron chi connectivity index (χ0n) is 8.25. The van der Waals surface area contributed by atoms with Gasteiger partial charge >= 0.3 is 0 Å². The Hall–Kier alpha value is -0.930. The van der Waals surface area contributed by atoms with Crippen molar-refractivity contribution in [3.63, 3.8) is 0 Å². The highest BCUT2D eigenvalue weighted by atomic mass is 35.5. The molecular formula is C11H14ClF2N. The second kappa shape index (κ2) is 6.53. The van der Waals surface area contributed by atoms with Crippen LogP contribution in [0, 0.1) is 11.6 Å². The molecule has 1 nitrogen and oxygen atoms in total. The maximum absolute atomic E-state index is 13.2. The Bertz CT molecular complexity index is 328. The summed E-state index contributed by atoms with van der Waals surface area (Å²) in [5, 5.41) is 0. The van der Waals surface area contributed by atoms with E-state index < -0.39 is 17.7 Å². The SMILES string of the molecule is C=CCC[C@@H](N)c1ccc(F)cc1F.Cl. The summed E-state index contributed by atoms with van der Waals surface area (Å²) in [6, 6.07) is 3.06. The van der Waals surface area contributed by atoms with E-state index in [9.17, 15) is 8.78 Å². The lowest BCUT2D eigenvalue weighted by Gasteiger charge is -2.11. The third-order valence-corrected chi connectivity index (χ3v) is 2.04. The fourth-order valence-electron chi connectivity index (χ4n) is 1.26. The van der Waals surface area contributed by atoms with Gasteiger partial charge in [-0.2, -0.15) is 0 Å². The van der Waals surface area contributed by atoms with Crippen LogP contribution in [0.3, 0.4) is 0 Å². The van der Waals surface area contributed by atoms with Gasteiger partial charge in [-0.25, -0.2) is 8.78 Å². The van der Waals surface area contributed by atoms with E-state index in [0.29, 0.717) is 12.0 Å². The Morgan fingerprint density at radius 2 is 2.07 bits per heavy atom. The first-order valence-corrected chi connectivity index (χ1v) is 4.46. The summed E-state index contributed by atoms with van der Waals surface area (Å²) >= 11 is 0. The van der Waals surface area contributed by atoms with Gasteiger partial charge in [0.15, 0.2) is 0 Å². The molecule has 0 aromatic heterocycles. The minimum atomic E-state index is -0.582. The topological polar surface area (TPSA) is 26.0 Å². The van der Waals surface area contributed by atoms with E-state index in [1.54, 1.807) is 6.08 Å². The molecule has 0 saturated carbocycles. The van der Waals surface area contributed by atoms with Crippen molar-refractivity contribution in [3.8, 4) is 0 Å². The molecule has 1 aromatic carbocycles.